The number of nitrogens with zero attached hydrogens (tertiary/aromatic N) is 6. The summed E-state index contributed by atoms with van der Waals surface area (Å²) >= 11 is 6.49. The summed E-state index contributed by atoms with van der Waals surface area (Å²) < 4.78 is 13.5. The molecule has 3 aromatic heterocycles. The molecule has 1 N–H and O–H groups in total. The third-order valence-electron chi connectivity index (χ3n) is 6.36. The summed E-state index contributed by atoms with van der Waals surface area (Å²) in [7, 11) is 1.87. The van der Waals surface area contributed by atoms with E-state index in [1.807, 2.05) is 65.2 Å². The molecule has 0 saturated carbocycles. The SMILES string of the molecule is Cc1nn(C)cc1-c1nc2ncc(Cl)c(Oc3ccc(N4CCN(C(=O)OC(C)(C)C)C[C@H]4C)cc3)c2[nH]1. The Morgan fingerprint density at radius 3 is 2.55 bits per heavy atom. The van der Waals surface area contributed by atoms with Crippen molar-refractivity contribution < 1.29 is 14.3 Å². The molecule has 0 unspecified atom stereocenters. The van der Waals surface area contributed by atoms with Gasteiger partial charge in [0.05, 0.1) is 17.5 Å². The number of benzene rings is 1. The Hall–Kier alpha value is -3.79. The maximum absolute atomic E-state index is 12.5. The van der Waals surface area contributed by atoms with Crippen molar-refractivity contribution in [3.8, 4) is 22.9 Å². The molecule has 0 spiro atoms. The predicted octanol–water partition coefficient (Wildman–Crippen LogP) is 5.56. The van der Waals surface area contributed by atoms with Crippen molar-refractivity contribution in [1.82, 2.24) is 29.6 Å². The molecular weight excluding hydrogens is 506 g/mol. The van der Waals surface area contributed by atoms with E-state index in [9.17, 15) is 4.79 Å². The Labute approximate surface area is 226 Å². The van der Waals surface area contributed by atoms with E-state index in [-0.39, 0.29) is 12.1 Å². The second-order valence-corrected chi connectivity index (χ2v) is 11.0. The first kappa shape index (κ1) is 25.8. The maximum atomic E-state index is 12.5. The summed E-state index contributed by atoms with van der Waals surface area (Å²) in [6.07, 6.45) is 3.18. The van der Waals surface area contributed by atoms with Crippen molar-refractivity contribution in [2.75, 3.05) is 24.5 Å². The Kier molecular flexibility index (Phi) is 6.68. The van der Waals surface area contributed by atoms with Gasteiger partial charge in [-0.3, -0.25) is 4.68 Å². The number of fused-ring (bicyclic) bond motifs is 1. The third-order valence-corrected chi connectivity index (χ3v) is 6.63. The maximum Gasteiger partial charge on any atom is 0.410 e. The fourth-order valence-electron chi connectivity index (χ4n) is 4.63. The first-order chi connectivity index (χ1) is 18.0. The molecule has 1 atom stereocenters. The second-order valence-electron chi connectivity index (χ2n) is 10.6. The van der Waals surface area contributed by atoms with E-state index >= 15 is 0 Å². The highest BCUT2D eigenvalue weighted by Gasteiger charge is 2.30. The average Bonchev–Trinajstić information content (AvgIpc) is 3.42. The Morgan fingerprint density at radius 1 is 1.18 bits per heavy atom. The van der Waals surface area contributed by atoms with Crippen LogP contribution in [0.25, 0.3) is 22.6 Å². The molecular formula is C27H32ClN7O3. The van der Waals surface area contributed by atoms with Gasteiger partial charge in [0, 0.05) is 44.6 Å². The number of aromatic amines is 1. The molecule has 1 aliphatic heterocycles. The van der Waals surface area contributed by atoms with Crippen molar-refractivity contribution in [3.05, 3.63) is 47.4 Å². The van der Waals surface area contributed by atoms with Gasteiger partial charge in [-0.2, -0.15) is 5.10 Å². The van der Waals surface area contributed by atoms with Crippen LogP contribution in [0.2, 0.25) is 5.02 Å². The van der Waals surface area contributed by atoms with E-state index in [1.54, 1.807) is 15.8 Å². The van der Waals surface area contributed by atoms with Gasteiger partial charge in [0.25, 0.3) is 0 Å². The number of hydrogen-bond acceptors (Lipinski definition) is 7. The third kappa shape index (κ3) is 5.26. The molecule has 38 heavy (non-hydrogen) atoms. The number of piperazine rings is 1. The molecule has 4 heterocycles. The number of aromatic nitrogens is 5. The first-order valence-corrected chi connectivity index (χ1v) is 12.9. The molecule has 4 aromatic rings. The first-order valence-electron chi connectivity index (χ1n) is 12.6. The molecule has 200 valence electrons. The van der Waals surface area contributed by atoms with E-state index in [0.717, 1.165) is 16.9 Å². The topological polar surface area (TPSA) is 101 Å². The lowest BCUT2D eigenvalue weighted by atomic mass is 10.1. The zero-order valence-corrected chi connectivity index (χ0v) is 23.2. The van der Waals surface area contributed by atoms with Gasteiger partial charge < -0.3 is 24.3 Å². The molecule has 1 aliphatic rings. The van der Waals surface area contributed by atoms with Crippen LogP contribution in [0.1, 0.15) is 33.4 Å². The van der Waals surface area contributed by atoms with Crippen LogP contribution in [0.5, 0.6) is 11.5 Å². The van der Waals surface area contributed by atoms with Crippen LogP contribution in [-0.4, -0.2) is 67.0 Å². The van der Waals surface area contributed by atoms with Gasteiger partial charge in [0.1, 0.15) is 27.7 Å². The second kappa shape index (κ2) is 9.83. The summed E-state index contributed by atoms with van der Waals surface area (Å²) in [6, 6.07) is 7.98. The van der Waals surface area contributed by atoms with E-state index < -0.39 is 5.60 Å². The molecule has 10 nitrogen and oxygen atoms in total. The minimum absolute atomic E-state index is 0.136. The van der Waals surface area contributed by atoms with Crippen LogP contribution >= 0.6 is 11.6 Å². The number of imidazole rings is 1. The molecule has 0 bridgehead atoms. The quantitative estimate of drug-likeness (QED) is 0.363. The number of anilines is 1. The predicted molar refractivity (Wildman–Crippen MR) is 147 cm³/mol. The number of ether oxygens (including phenoxy) is 2. The molecule has 1 saturated heterocycles. The molecule has 11 heteroatoms. The van der Waals surface area contributed by atoms with Crippen molar-refractivity contribution >= 4 is 34.5 Å². The summed E-state index contributed by atoms with van der Waals surface area (Å²) in [6.45, 7) is 11.6. The highest BCUT2D eigenvalue weighted by atomic mass is 35.5. The van der Waals surface area contributed by atoms with Gasteiger partial charge in [-0.05, 0) is 58.9 Å². The molecule has 1 amide bonds. The summed E-state index contributed by atoms with van der Waals surface area (Å²) in [4.78, 5) is 28.8. The van der Waals surface area contributed by atoms with Gasteiger partial charge in [-0.1, -0.05) is 11.6 Å². The van der Waals surface area contributed by atoms with Crippen LogP contribution in [-0.2, 0) is 11.8 Å². The van der Waals surface area contributed by atoms with E-state index in [4.69, 9.17) is 21.1 Å². The zero-order chi connectivity index (χ0) is 27.2. The Morgan fingerprint density at radius 2 is 1.92 bits per heavy atom. The van der Waals surface area contributed by atoms with Crippen LogP contribution < -0.4 is 9.64 Å². The number of H-pyrrole nitrogens is 1. The lowest BCUT2D eigenvalue weighted by molar-refractivity contribution is 0.0219. The zero-order valence-electron chi connectivity index (χ0n) is 22.4. The highest BCUT2D eigenvalue weighted by molar-refractivity contribution is 6.32. The van der Waals surface area contributed by atoms with E-state index in [1.165, 1.54) is 0 Å². The standard InChI is InChI=1S/C27H32ClN7O3/c1-16-14-34(26(36)38-27(3,4)5)11-12-35(16)18-7-9-19(10-8-18)37-23-21(28)13-29-25-22(23)30-24(31-25)20-15-33(6)32-17(20)2/h7-10,13,15-16H,11-12,14H2,1-6H3,(H,29,30,31)/t16-/m1/s1. The summed E-state index contributed by atoms with van der Waals surface area (Å²) in [5.74, 6) is 1.75. The number of nitrogens with one attached hydrogen (secondary N) is 1. The van der Waals surface area contributed by atoms with Crippen molar-refractivity contribution in [3.63, 3.8) is 0 Å². The van der Waals surface area contributed by atoms with Crippen molar-refractivity contribution in [2.45, 2.75) is 46.3 Å². The number of halogens is 1. The van der Waals surface area contributed by atoms with Gasteiger partial charge in [0.2, 0.25) is 0 Å². The monoisotopic (exact) mass is 537 g/mol. The molecule has 1 aromatic carbocycles. The Balaban J connectivity index is 1.32. The number of amides is 1. The number of hydrogen-bond donors (Lipinski definition) is 1. The number of aryl methyl sites for hydroxylation is 2. The van der Waals surface area contributed by atoms with Crippen LogP contribution in [0.4, 0.5) is 10.5 Å². The van der Waals surface area contributed by atoms with E-state index in [2.05, 4.69) is 31.9 Å². The number of pyridine rings is 1. The lowest BCUT2D eigenvalue weighted by Crippen LogP contribution is -2.54. The van der Waals surface area contributed by atoms with Gasteiger partial charge in [-0.25, -0.2) is 14.8 Å². The minimum atomic E-state index is -0.508. The smallest absolute Gasteiger partial charge is 0.410 e. The van der Waals surface area contributed by atoms with Gasteiger partial charge in [0.15, 0.2) is 11.4 Å². The van der Waals surface area contributed by atoms with Crippen molar-refractivity contribution in [1.29, 1.82) is 0 Å². The fraction of sp³-hybridized carbons (Fsp3) is 0.407. The minimum Gasteiger partial charge on any atom is -0.453 e. The number of rotatable bonds is 4. The summed E-state index contributed by atoms with van der Waals surface area (Å²) in [5.41, 5.74) is 3.42. The number of carbonyl (C=O) groups excluding carboxylic acids is 1. The molecule has 5 rings (SSSR count). The fourth-order valence-corrected chi connectivity index (χ4v) is 4.81. The lowest BCUT2D eigenvalue weighted by Gasteiger charge is -2.41. The van der Waals surface area contributed by atoms with Crippen LogP contribution in [0.3, 0.4) is 0 Å². The summed E-state index contributed by atoms with van der Waals surface area (Å²) in [5, 5.41) is 4.77. The number of carbonyl (C=O) groups is 1. The van der Waals surface area contributed by atoms with Crippen LogP contribution in [0.15, 0.2) is 36.7 Å². The molecule has 0 aliphatic carbocycles. The van der Waals surface area contributed by atoms with Gasteiger partial charge >= 0.3 is 6.09 Å². The molecule has 0 radical (unpaired) electrons. The van der Waals surface area contributed by atoms with E-state index in [0.29, 0.717) is 53.1 Å². The highest BCUT2D eigenvalue weighted by Crippen LogP contribution is 2.36. The van der Waals surface area contributed by atoms with Crippen LogP contribution in [0, 0.1) is 6.92 Å². The van der Waals surface area contributed by atoms with Gasteiger partial charge in [-0.15, -0.1) is 0 Å². The average molecular weight is 538 g/mol. The largest absolute Gasteiger partial charge is 0.453 e. The molecule has 1 fully saturated rings. The normalized spacial score (nSPS) is 16.2. The Bertz CT molecular complexity index is 1470. The van der Waals surface area contributed by atoms with Crippen molar-refractivity contribution in [2.24, 2.45) is 7.05 Å².